The summed E-state index contributed by atoms with van der Waals surface area (Å²) in [5.74, 6) is -0.554. The molecule has 2 aromatic rings. The lowest BCUT2D eigenvalue weighted by Gasteiger charge is -2.39. The molecule has 3 amide bonds. The third-order valence-corrected chi connectivity index (χ3v) is 7.12. The maximum absolute atomic E-state index is 13.5. The number of carbonyl (C=O) groups is 3. The van der Waals surface area contributed by atoms with E-state index >= 15 is 0 Å². The Morgan fingerprint density at radius 2 is 1.74 bits per heavy atom. The molecule has 1 aliphatic heterocycles. The number of carbonyl (C=O) groups excluding carboxylic acids is 3. The number of anilines is 1. The van der Waals surface area contributed by atoms with Gasteiger partial charge in [0.1, 0.15) is 11.3 Å². The van der Waals surface area contributed by atoms with Crippen LogP contribution in [0.15, 0.2) is 47.4 Å². The van der Waals surface area contributed by atoms with Crippen LogP contribution in [0.4, 0.5) is 5.69 Å². The zero-order chi connectivity index (χ0) is 24.9. The predicted molar refractivity (Wildman–Crippen MR) is 131 cm³/mol. The van der Waals surface area contributed by atoms with E-state index in [4.69, 9.17) is 0 Å². The molecule has 1 atom stereocenters. The Morgan fingerprint density at radius 1 is 1.09 bits per heavy atom. The van der Waals surface area contributed by atoms with E-state index in [1.165, 1.54) is 18.8 Å². The number of imide groups is 1. The highest BCUT2D eigenvalue weighted by atomic mass is 32.2. The van der Waals surface area contributed by atoms with Crippen LogP contribution in [-0.2, 0) is 27.2 Å². The molecular weight excluding hydrogens is 454 g/mol. The minimum atomic E-state index is -1.44. The van der Waals surface area contributed by atoms with Crippen LogP contribution < -0.4 is 10.8 Å². The van der Waals surface area contributed by atoms with Gasteiger partial charge in [0, 0.05) is 37.0 Å². The van der Waals surface area contributed by atoms with Crippen molar-refractivity contribution in [2.45, 2.75) is 50.0 Å². The van der Waals surface area contributed by atoms with Crippen LogP contribution in [0.2, 0.25) is 0 Å². The molecule has 4 N–H and O–H groups in total. The highest BCUT2D eigenvalue weighted by Crippen LogP contribution is 2.36. The lowest BCUT2D eigenvalue weighted by atomic mass is 9.85. The maximum Gasteiger partial charge on any atom is 0.247 e. The van der Waals surface area contributed by atoms with Gasteiger partial charge in [-0.1, -0.05) is 19.9 Å². The number of phenolic OH excluding ortho intramolecular Hbond substituents is 1. The Labute approximate surface area is 203 Å². The molecule has 0 bridgehead atoms. The quantitative estimate of drug-likeness (QED) is 0.231. The third-order valence-electron chi connectivity index (χ3n) is 5.89. The minimum absolute atomic E-state index is 0.0771. The first-order valence-electron chi connectivity index (χ1n) is 11.2. The summed E-state index contributed by atoms with van der Waals surface area (Å²) in [6, 6.07) is 11.9. The van der Waals surface area contributed by atoms with Gasteiger partial charge in [-0.05, 0) is 59.9 Å². The Kier molecular flexibility index (Phi) is 8.22. The van der Waals surface area contributed by atoms with Gasteiger partial charge in [-0.2, -0.15) is 0 Å². The SMILES string of the molecule is CNC(=O)[C@](CSc1ccc(O)cc1)(Cc1ccc(NO)cc1CC(C)C)N1C(=O)CCC1=O. The van der Waals surface area contributed by atoms with Gasteiger partial charge in [0.15, 0.2) is 0 Å². The molecule has 0 saturated carbocycles. The van der Waals surface area contributed by atoms with Crippen molar-refractivity contribution >= 4 is 35.2 Å². The van der Waals surface area contributed by atoms with Gasteiger partial charge in [0.25, 0.3) is 0 Å². The molecule has 0 unspecified atom stereocenters. The lowest BCUT2D eigenvalue weighted by Crippen LogP contribution is -2.63. The van der Waals surface area contributed by atoms with E-state index in [1.807, 2.05) is 12.1 Å². The first kappa shape index (κ1) is 25.6. The lowest BCUT2D eigenvalue weighted by molar-refractivity contribution is -0.152. The van der Waals surface area contributed by atoms with Crippen LogP contribution in [0.25, 0.3) is 0 Å². The van der Waals surface area contributed by atoms with Gasteiger partial charge in [-0.15, -0.1) is 11.8 Å². The number of likely N-dealkylation sites (N-methyl/N-ethyl adjacent to an activating group) is 1. The first-order valence-corrected chi connectivity index (χ1v) is 12.2. The monoisotopic (exact) mass is 485 g/mol. The number of hydrogen-bond donors (Lipinski definition) is 4. The second kappa shape index (κ2) is 10.9. The number of nitrogens with one attached hydrogen (secondary N) is 2. The molecule has 3 rings (SSSR count). The fraction of sp³-hybridized carbons (Fsp3) is 0.400. The second-order valence-electron chi connectivity index (χ2n) is 8.89. The van der Waals surface area contributed by atoms with E-state index in [1.54, 1.807) is 30.3 Å². The zero-order valence-electron chi connectivity index (χ0n) is 19.6. The largest absolute Gasteiger partial charge is 0.508 e. The van der Waals surface area contributed by atoms with Gasteiger partial charge < -0.3 is 10.4 Å². The van der Waals surface area contributed by atoms with Crippen LogP contribution in [0, 0.1) is 5.92 Å². The summed E-state index contributed by atoms with van der Waals surface area (Å²) in [5.41, 5.74) is 3.00. The van der Waals surface area contributed by atoms with E-state index in [2.05, 4.69) is 24.6 Å². The molecule has 0 spiro atoms. The number of thioether (sulfide) groups is 1. The van der Waals surface area contributed by atoms with Crippen molar-refractivity contribution in [3.05, 3.63) is 53.6 Å². The number of amides is 3. The molecule has 182 valence electrons. The molecule has 8 nitrogen and oxygen atoms in total. The van der Waals surface area contributed by atoms with Crippen LogP contribution in [0.3, 0.4) is 0 Å². The Bertz CT molecular complexity index is 1040. The minimum Gasteiger partial charge on any atom is -0.508 e. The highest BCUT2D eigenvalue weighted by Gasteiger charge is 2.51. The summed E-state index contributed by atoms with van der Waals surface area (Å²) in [7, 11) is 1.50. The van der Waals surface area contributed by atoms with Gasteiger partial charge in [0.2, 0.25) is 17.7 Å². The summed E-state index contributed by atoms with van der Waals surface area (Å²) in [6.45, 7) is 4.14. The number of nitrogens with zero attached hydrogens (tertiary/aromatic N) is 1. The van der Waals surface area contributed by atoms with Gasteiger partial charge in [-0.3, -0.25) is 30.0 Å². The number of phenols is 1. The molecule has 1 saturated heterocycles. The van der Waals surface area contributed by atoms with Crippen molar-refractivity contribution in [1.29, 1.82) is 0 Å². The van der Waals surface area contributed by atoms with Crippen molar-refractivity contribution in [3.8, 4) is 5.75 Å². The van der Waals surface area contributed by atoms with Crippen molar-refractivity contribution in [2.24, 2.45) is 5.92 Å². The third kappa shape index (κ3) is 5.53. The summed E-state index contributed by atoms with van der Waals surface area (Å²) in [4.78, 5) is 41.2. The Balaban J connectivity index is 2.09. The number of benzene rings is 2. The average Bonchev–Trinajstić information content (AvgIpc) is 3.16. The van der Waals surface area contributed by atoms with E-state index in [9.17, 15) is 24.7 Å². The first-order chi connectivity index (χ1) is 16.2. The van der Waals surface area contributed by atoms with E-state index in [0.717, 1.165) is 20.9 Å². The molecule has 1 aliphatic rings. The molecule has 9 heteroatoms. The zero-order valence-corrected chi connectivity index (χ0v) is 20.4. The summed E-state index contributed by atoms with van der Waals surface area (Å²) in [5, 5.41) is 21.7. The van der Waals surface area contributed by atoms with Crippen molar-refractivity contribution in [2.75, 3.05) is 18.3 Å². The Morgan fingerprint density at radius 3 is 2.29 bits per heavy atom. The van der Waals surface area contributed by atoms with Gasteiger partial charge in [-0.25, -0.2) is 0 Å². The van der Waals surface area contributed by atoms with Crippen molar-refractivity contribution in [3.63, 3.8) is 0 Å². The molecule has 0 aliphatic carbocycles. The molecule has 0 aromatic heterocycles. The maximum atomic E-state index is 13.5. The Hall–Kier alpha value is -3.04. The molecular formula is C25H31N3O5S. The fourth-order valence-corrected chi connectivity index (χ4v) is 5.38. The topological polar surface area (TPSA) is 119 Å². The van der Waals surface area contributed by atoms with Gasteiger partial charge in [0.05, 0.1) is 5.69 Å². The summed E-state index contributed by atoms with van der Waals surface area (Å²) < 4.78 is 0. The summed E-state index contributed by atoms with van der Waals surface area (Å²) >= 11 is 1.35. The molecule has 34 heavy (non-hydrogen) atoms. The summed E-state index contributed by atoms with van der Waals surface area (Å²) in [6.07, 6.45) is 0.992. The van der Waals surface area contributed by atoms with Crippen LogP contribution in [0.5, 0.6) is 5.75 Å². The molecule has 1 fully saturated rings. The smallest absolute Gasteiger partial charge is 0.247 e. The molecule has 0 radical (unpaired) electrons. The van der Waals surface area contributed by atoms with Crippen molar-refractivity contribution in [1.82, 2.24) is 10.2 Å². The predicted octanol–water partition coefficient (Wildman–Crippen LogP) is 3.36. The average molecular weight is 486 g/mol. The number of aromatic hydroxyl groups is 1. The number of likely N-dealkylation sites (tertiary alicyclic amines) is 1. The molecule has 2 aromatic carbocycles. The van der Waals surface area contributed by atoms with Crippen LogP contribution in [0.1, 0.15) is 37.8 Å². The normalized spacial score (nSPS) is 15.5. The standard InChI is InChI=1S/C25H31N3O5S/c1-16(2)12-18-13-19(27-33)5-4-17(18)14-25(24(32)26-3,28-22(30)10-11-23(28)31)15-34-21-8-6-20(29)7-9-21/h4-9,13,16,27,29,33H,10-12,14-15H2,1-3H3,(H,26,32)/t25-/m1/s1. The number of rotatable bonds is 10. The van der Waals surface area contributed by atoms with E-state index in [0.29, 0.717) is 18.0 Å². The van der Waals surface area contributed by atoms with E-state index in [-0.39, 0.29) is 42.6 Å². The highest BCUT2D eigenvalue weighted by molar-refractivity contribution is 7.99. The van der Waals surface area contributed by atoms with Crippen molar-refractivity contribution < 1.29 is 24.7 Å². The van der Waals surface area contributed by atoms with Crippen LogP contribution in [-0.4, -0.2) is 51.3 Å². The van der Waals surface area contributed by atoms with Crippen LogP contribution >= 0.6 is 11.8 Å². The number of hydrogen-bond acceptors (Lipinski definition) is 7. The fourth-order valence-electron chi connectivity index (χ4n) is 4.29. The van der Waals surface area contributed by atoms with Gasteiger partial charge >= 0.3 is 0 Å². The molecule has 1 heterocycles. The van der Waals surface area contributed by atoms with E-state index < -0.39 is 11.4 Å². The second-order valence-corrected chi connectivity index (χ2v) is 9.93.